The van der Waals surface area contributed by atoms with Crippen LogP contribution in [0.5, 0.6) is 0 Å². The third-order valence-corrected chi connectivity index (χ3v) is 6.87. The van der Waals surface area contributed by atoms with Gasteiger partial charge < -0.3 is 5.11 Å². The molecule has 5 saturated carbocycles. The Hall–Kier alpha value is -0.0800. The van der Waals surface area contributed by atoms with Gasteiger partial charge in [0.1, 0.15) is 5.72 Å². The Morgan fingerprint density at radius 2 is 1.92 bits per heavy atom. The number of nitrogens with one attached hydrogen (secondary N) is 1. The van der Waals surface area contributed by atoms with Crippen molar-refractivity contribution in [3.05, 3.63) is 0 Å². The summed E-state index contributed by atoms with van der Waals surface area (Å²) in [5, 5.41) is 14.2. The lowest BCUT2D eigenvalue weighted by molar-refractivity contribution is -0.0799. The maximum atomic E-state index is 10.6. The van der Waals surface area contributed by atoms with E-state index >= 15 is 0 Å². The highest BCUT2D eigenvalue weighted by Gasteiger charge is 2.91. The normalized spacial score (nSPS) is 93.5. The first kappa shape index (κ1) is 5.72. The second kappa shape index (κ2) is 1.17. The smallest absolute Gasteiger partial charge is 0.123 e. The molecule has 4 bridgehead atoms. The molecule has 10 unspecified atom stereocenters. The van der Waals surface area contributed by atoms with Crippen LogP contribution in [-0.4, -0.2) is 16.9 Å². The van der Waals surface area contributed by atoms with Crippen molar-refractivity contribution in [1.82, 2.24) is 5.32 Å². The van der Waals surface area contributed by atoms with Crippen molar-refractivity contribution >= 4 is 0 Å². The summed E-state index contributed by atoms with van der Waals surface area (Å²) in [6, 6.07) is 0.749. The van der Waals surface area contributed by atoms with Gasteiger partial charge in [0.25, 0.3) is 0 Å². The summed E-state index contributed by atoms with van der Waals surface area (Å²) in [5.74, 6) is 7.19. The van der Waals surface area contributed by atoms with Crippen LogP contribution in [0.3, 0.4) is 0 Å². The van der Waals surface area contributed by atoms with Crippen molar-refractivity contribution in [2.24, 2.45) is 47.3 Å². The summed E-state index contributed by atoms with van der Waals surface area (Å²) in [6.07, 6.45) is 1.48. The zero-order valence-electron chi connectivity index (χ0n) is 7.35. The molecule has 2 N–H and O–H groups in total. The van der Waals surface area contributed by atoms with Crippen LogP contribution in [0.2, 0.25) is 0 Å². The maximum Gasteiger partial charge on any atom is 0.123 e. The van der Waals surface area contributed by atoms with Crippen molar-refractivity contribution in [3.63, 3.8) is 0 Å². The Morgan fingerprint density at radius 3 is 2.85 bits per heavy atom. The van der Waals surface area contributed by atoms with Crippen LogP contribution < -0.4 is 5.32 Å². The molecule has 2 heteroatoms. The largest absolute Gasteiger partial charge is 0.375 e. The third-order valence-electron chi connectivity index (χ3n) is 6.87. The van der Waals surface area contributed by atoms with Gasteiger partial charge in [-0.2, -0.15) is 0 Å². The molecular formula is C11H13NO. The minimum atomic E-state index is -0.364. The summed E-state index contributed by atoms with van der Waals surface area (Å²) in [5.41, 5.74) is -0.364. The van der Waals surface area contributed by atoms with Gasteiger partial charge in [-0.25, -0.2) is 0 Å². The molecule has 0 aromatic rings. The van der Waals surface area contributed by atoms with E-state index in [0.29, 0.717) is 11.8 Å². The topological polar surface area (TPSA) is 32.3 Å². The van der Waals surface area contributed by atoms with Crippen molar-refractivity contribution in [2.45, 2.75) is 18.2 Å². The Bertz CT molecular complexity index is 356. The minimum Gasteiger partial charge on any atom is -0.375 e. The Labute approximate surface area is 76.7 Å². The molecule has 5 aliphatic carbocycles. The molecule has 2 saturated heterocycles. The standard InChI is InChI=1S/C11H13NO/c13-11-8-3-1-2-4-5(3)9(11)7(4)10(12-11)6(2)8/h2-10,12-13H,1H2. The van der Waals surface area contributed by atoms with Crippen molar-refractivity contribution in [2.75, 3.05) is 0 Å². The first-order valence-corrected chi connectivity index (χ1v) is 5.82. The van der Waals surface area contributed by atoms with E-state index < -0.39 is 0 Å². The predicted octanol–water partition coefficient (Wildman–Crippen LogP) is 0.0345. The fraction of sp³-hybridized carbons (Fsp3) is 1.00. The molecule has 0 radical (unpaired) electrons. The highest BCUT2D eigenvalue weighted by molar-refractivity contribution is 5.39. The van der Waals surface area contributed by atoms with Gasteiger partial charge in [-0.05, 0) is 41.9 Å². The van der Waals surface area contributed by atoms with Gasteiger partial charge in [0.15, 0.2) is 0 Å². The summed E-state index contributed by atoms with van der Waals surface area (Å²) in [6.45, 7) is 0. The molecule has 7 fully saturated rings. The van der Waals surface area contributed by atoms with Crippen LogP contribution in [0.15, 0.2) is 0 Å². The monoisotopic (exact) mass is 175 g/mol. The molecule has 0 aromatic carbocycles. The first-order valence-electron chi connectivity index (χ1n) is 5.82. The Balaban J connectivity index is 1.84. The van der Waals surface area contributed by atoms with Crippen molar-refractivity contribution in [3.8, 4) is 0 Å². The second-order valence-electron chi connectivity index (χ2n) is 6.42. The van der Waals surface area contributed by atoms with E-state index in [1.807, 2.05) is 0 Å². The summed E-state index contributed by atoms with van der Waals surface area (Å²) >= 11 is 0. The van der Waals surface area contributed by atoms with E-state index in [-0.39, 0.29) is 5.72 Å². The molecule has 7 rings (SSSR count). The average molecular weight is 175 g/mol. The SMILES string of the molecule is OC12NC3C4C5CC(C6C5C3C61)C42. The molecule has 0 spiro atoms. The fourth-order valence-electron chi connectivity index (χ4n) is 7.24. The Kier molecular flexibility index (Phi) is 0.513. The van der Waals surface area contributed by atoms with Gasteiger partial charge >= 0.3 is 0 Å². The van der Waals surface area contributed by atoms with Crippen molar-refractivity contribution < 1.29 is 5.11 Å². The number of aliphatic hydroxyl groups is 1. The van der Waals surface area contributed by atoms with Crippen LogP contribution in [0.1, 0.15) is 6.42 Å². The van der Waals surface area contributed by atoms with E-state index in [1.165, 1.54) is 6.42 Å². The van der Waals surface area contributed by atoms with E-state index in [0.717, 1.165) is 41.5 Å². The first-order chi connectivity index (χ1) is 6.32. The molecule has 10 atom stereocenters. The van der Waals surface area contributed by atoms with Gasteiger partial charge in [-0.3, -0.25) is 5.32 Å². The van der Waals surface area contributed by atoms with Gasteiger partial charge in [0.05, 0.1) is 0 Å². The third kappa shape index (κ3) is 0.278. The summed E-state index contributed by atoms with van der Waals surface area (Å²) in [7, 11) is 0. The maximum absolute atomic E-state index is 10.6. The molecule has 2 aliphatic heterocycles. The van der Waals surface area contributed by atoms with Crippen LogP contribution in [0, 0.1) is 47.3 Å². The highest BCUT2D eigenvalue weighted by Crippen LogP contribution is 2.87. The van der Waals surface area contributed by atoms with Crippen LogP contribution in [-0.2, 0) is 0 Å². The van der Waals surface area contributed by atoms with Crippen LogP contribution in [0.4, 0.5) is 0 Å². The molecule has 2 nitrogen and oxygen atoms in total. The minimum absolute atomic E-state index is 0.364. The lowest BCUT2D eigenvalue weighted by atomic mass is 9.59. The van der Waals surface area contributed by atoms with Gasteiger partial charge in [-0.1, -0.05) is 0 Å². The zero-order valence-corrected chi connectivity index (χ0v) is 7.35. The van der Waals surface area contributed by atoms with E-state index in [2.05, 4.69) is 5.32 Å². The van der Waals surface area contributed by atoms with Gasteiger partial charge in [0, 0.05) is 17.9 Å². The molecular weight excluding hydrogens is 162 g/mol. The lowest BCUT2D eigenvalue weighted by Gasteiger charge is -2.45. The fourth-order valence-corrected chi connectivity index (χ4v) is 7.24. The number of rotatable bonds is 0. The molecule has 0 aromatic heterocycles. The lowest BCUT2D eigenvalue weighted by Crippen LogP contribution is -2.50. The molecule has 13 heavy (non-hydrogen) atoms. The average Bonchev–Trinajstić information content (AvgIpc) is 2.58. The van der Waals surface area contributed by atoms with Gasteiger partial charge in [0.2, 0.25) is 0 Å². The van der Waals surface area contributed by atoms with Crippen molar-refractivity contribution in [1.29, 1.82) is 0 Å². The van der Waals surface area contributed by atoms with E-state index in [1.54, 1.807) is 0 Å². The number of hydrogen-bond acceptors (Lipinski definition) is 2. The quantitative estimate of drug-likeness (QED) is 0.544. The molecule has 2 heterocycles. The molecule has 68 valence electrons. The summed E-state index contributed by atoms with van der Waals surface area (Å²) < 4.78 is 0. The Morgan fingerprint density at radius 1 is 1.00 bits per heavy atom. The van der Waals surface area contributed by atoms with Gasteiger partial charge in [-0.15, -0.1) is 0 Å². The van der Waals surface area contributed by atoms with Crippen LogP contribution in [0.25, 0.3) is 0 Å². The zero-order chi connectivity index (χ0) is 8.11. The van der Waals surface area contributed by atoms with Crippen LogP contribution >= 0.6 is 0 Å². The second-order valence-corrected chi connectivity index (χ2v) is 6.42. The van der Waals surface area contributed by atoms with E-state index in [9.17, 15) is 5.11 Å². The van der Waals surface area contributed by atoms with E-state index in [4.69, 9.17) is 0 Å². The highest BCUT2D eigenvalue weighted by atomic mass is 16.3. The molecule has 7 aliphatic rings. The summed E-state index contributed by atoms with van der Waals surface area (Å²) in [4.78, 5) is 0. The number of hydrogen-bond donors (Lipinski definition) is 2. The predicted molar refractivity (Wildman–Crippen MR) is 44.4 cm³/mol. The molecule has 0 amide bonds.